The molecule has 8 nitrogen and oxygen atoms in total. The van der Waals surface area contributed by atoms with E-state index in [4.69, 9.17) is 4.74 Å². The van der Waals surface area contributed by atoms with Crippen molar-refractivity contribution in [3.63, 3.8) is 0 Å². The molecule has 2 heterocycles. The molecule has 2 aromatic rings. The van der Waals surface area contributed by atoms with Crippen molar-refractivity contribution in [2.45, 2.75) is 44.5 Å². The first-order chi connectivity index (χ1) is 17.5. The normalized spacial score (nSPS) is 17.2. The molecule has 1 N–H and O–H groups in total. The average Bonchev–Trinajstić information content (AvgIpc) is 3.35. The first-order valence-electron chi connectivity index (χ1n) is 11.9. The number of carbonyl (C=O) groups excluding carboxylic acids is 1. The Morgan fingerprint density at radius 3 is 2.35 bits per heavy atom. The summed E-state index contributed by atoms with van der Waals surface area (Å²) in [5.41, 5.74) is -0.935. The lowest BCUT2D eigenvalue weighted by Crippen LogP contribution is -2.49. The SMILES string of the molecule is O=C(CC1CCCC1)N1CCN(c2nc(Nc3cccc(C(F)(F)F)c3)nc(OCC(F)(F)F)n2)CC1. The summed E-state index contributed by atoms with van der Waals surface area (Å²) in [5.74, 6) is 0.195. The number of amides is 1. The van der Waals surface area contributed by atoms with Crippen molar-refractivity contribution in [1.29, 1.82) is 0 Å². The Morgan fingerprint density at radius 1 is 1.00 bits per heavy atom. The van der Waals surface area contributed by atoms with Crippen LogP contribution in [-0.2, 0) is 11.0 Å². The van der Waals surface area contributed by atoms with Crippen LogP contribution >= 0.6 is 0 Å². The van der Waals surface area contributed by atoms with E-state index >= 15 is 0 Å². The summed E-state index contributed by atoms with van der Waals surface area (Å²) in [7, 11) is 0. The quantitative estimate of drug-likeness (QED) is 0.513. The number of nitrogens with zero attached hydrogens (tertiary/aromatic N) is 5. The fourth-order valence-corrected chi connectivity index (χ4v) is 4.40. The summed E-state index contributed by atoms with van der Waals surface area (Å²) in [6, 6.07) is 3.60. The van der Waals surface area contributed by atoms with Gasteiger partial charge in [-0.05, 0) is 37.0 Å². The minimum atomic E-state index is -4.65. The van der Waals surface area contributed by atoms with E-state index in [1.165, 1.54) is 12.1 Å². The monoisotopic (exact) mass is 532 g/mol. The van der Waals surface area contributed by atoms with Crippen molar-refractivity contribution in [1.82, 2.24) is 19.9 Å². The van der Waals surface area contributed by atoms with Crippen molar-refractivity contribution < 1.29 is 35.9 Å². The van der Waals surface area contributed by atoms with Gasteiger partial charge in [0.2, 0.25) is 17.8 Å². The maximum Gasteiger partial charge on any atom is 0.422 e. The van der Waals surface area contributed by atoms with Crippen LogP contribution in [0.4, 0.5) is 43.9 Å². The highest BCUT2D eigenvalue weighted by molar-refractivity contribution is 5.76. The van der Waals surface area contributed by atoms with E-state index in [0.29, 0.717) is 38.5 Å². The molecule has 1 aliphatic heterocycles. The van der Waals surface area contributed by atoms with Crippen LogP contribution in [0.2, 0.25) is 0 Å². The zero-order chi connectivity index (χ0) is 26.6. The van der Waals surface area contributed by atoms with Gasteiger partial charge in [-0.2, -0.15) is 41.3 Å². The molecule has 0 bridgehead atoms. The Balaban J connectivity index is 1.48. The van der Waals surface area contributed by atoms with Gasteiger partial charge in [0, 0.05) is 38.3 Å². The van der Waals surface area contributed by atoms with E-state index in [2.05, 4.69) is 20.3 Å². The molecule has 37 heavy (non-hydrogen) atoms. The van der Waals surface area contributed by atoms with Crippen LogP contribution in [0.1, 0.15) is 37.7 Å². The number of ether oxygens (including phenoxy) is 1. The van der Waals surface area contributed by atoms with Crippen LogP contribution in [-0.4, -0.2) is 64.7 Å². The molecule has 1 saturated heterocycles. The predicted molar refractivity (Wildman–Crippen MR) is 121 cm³/mol. The van der Waals surface area contributed by atoms with Crippen LogP contribution in [0.25, 0.3) is 0 Å². The maximum atomic E-state index is 13.1. The van der Waals surface area contributed by atoms with Gasteiger partial charge in [0.1, 0.15) is 0 Å². The fourth-order valence-electron chi connectivity index (χ4n) is 4.40. The first kappa shape index (κ1) is 26.7. The molecule has 0 radical (unpaired) electrons. The highest BCUT2D eigenvalue weighted by Gasteiger charge is 2.32. The van der Waals surface area contributed by atoms with E-state index in [9.17, 15) is 31.1 Å². The minimum Gasteiger partial charge on any atom is -0.454 e. The number of piperazine rings is 1. The van der Waals surface area contributed by atoms with Gasteiger partial charge in [-0.3, -0.25) is 4.79 Å². The maximum absolute atomic E-state index is 13.1. The molecule has 0 atom stereocenters. The number of benzene rings is 1. The van der Waals surface area contributed by atoms with Crippen molar-refractivity contribution in [3.8, 4) is 6.01 Å². The number of nitrogens with one attached hydrogen (secondary N) is 1. The van der Waals surface area contributed by atoms with Crippen LogP contribution in [0.3, 0.4) is 0 Å². The van der Waals surface area contributed by atoms with E-state index < -0.39 is 30.5 Å². The lowest BCUT2D eigenvalue weighted by atomic mass is 10.0. The Kier molecular flexibility index (Phi) is 7.93. The van der Waals surface area contributed by atoms with Crippen molar-refractivity contribution in [3.05, 3.63) is 29.8 Å². The van der Waals surface area contributed by atoms with Crippen LogP contribution in [0.15, 0.2) is 24.3 Å². The minimum absolute atomic E-state index is 0.00968. The number of hydrogen-bond donors (Lipinski definition) is 1. The molecule has 2 fully saturated rings. The molecule has 1 aromatic heterocycles. The molecular weight excluding hydrogens is 506 g/mol. The molecule has 1 aliphatic carbocycles. The van der Waals surface area contributed by atoms with Crippen molar-refractivity contribution in [2.24, 2.45) is 5.92 Å². The summed E-state index contributed by atoms with van der Waals surface area (Å²) in [6.07, 6.45) is -4.34. The van der Waals surface area contributed by atoms with Crippen LogP contribution < -0.4 is 15.0 Å². The second kappa shape index (κ2) is 11.0. The predicted octanol–water partition coefficient (Wildman–Crippen LogP) is 4.80. The smallest absolute Gasteiger partial charge is 0.422 e. The second-order valence-electron chi connectivity index (χ2n) is 9.07. The largest absolute Gasteiger partial charge is 0.454 e. The standard InChI is InChI=1S/C23H26F6N6O2/c24-22(25,26)14-37-21-32-19(30-17-7-3-6-16(13-17)23(27,28)29)31-20(33-21)35-10-8-34(9-11-35)18(36)12-15-4-1-2-5-15/h3,6-7,13,15H,1-2,4-5,8-12,14H2,(H,30,31,32,33). The molecule has 4 rings (SSSR count). The highest BCUT2D eigenvalue weighted by Crippen LogP contribution is 2.32. The summed E-state index contributed by atoms with van der Waals surface area (Å²) in [6.45, 7) is -0.244. The molecule has 202 valence electrons. The van der Waals surface area contributed by atoms with Gasteiger partial charge in [0.05, 0.1) is 5.56 Å². The van der Waals surface area contributed by atoms with E-state index in [-0.39, 0.29) is 23.5 Å². The van der Waals surface area contributed by atoms with Gasteiger partial charge in [-0.25, -0.2) is 0 Å². The molecule has 1 aromatic carbocycles. The lowest BCUT2D eigenvalue weighted by molar-refractivity contribution is -0.154. The Labute approximate surface area is 209 Å². The van der Waals surface area contributed by atoms with Gasteiger partial charge in [-0.15, -0.1) is 0 Å². The summed E-state index contributed by atoms with van der Waals surface area (Å²) in [4.78, 5) is 28.0. The third-order valence-electron chi connectivity index (χ3n) is 6.27. The van der Waals surface area contributed by atoms with E-state index in [0.717, 1.165) is 37.8 Å². The first-order valence-corrected chi connectivity index (χ1v) is 11.9. The third kappa shape index (κ3) is 7.59. The van der Waals surface area contributed by atoms with E-state index in [1.807, 2.05) is 0 Å². The zero-order valence-corrected chi connectivity index (χ0v) is 19.8. The number of rotatable bonds is 7. The Bertz CT molecular complexity index is 1080. The van der Waals surface area contributed by atoms with Gasteiger partial charge < -0.3 is 19.9 Å². The average molecular weight is 532 g/mol. The fraction of sp³-hybridized carbons (Fsp3) is 0.565. The van der Waals surface area contributed by atoms with Gasteiger partial charge in [-0.1, -0.05) is 18.9 Å². The van der Waals surface area contributed by atoms with Gasteiger partial charge in [0.15, 0.2) is 6.61 Å². The number of alkyl halides is 6. The molecule has 1 amide bonds. The van der Waals surface area contributed by atoms with Crippen molar-refractivity contribution in [2.75, 3.05) is 43.0 Å². The molecule has 1 saturated carbocycles. The number of aromatic nitrogens is 3. The molecular formula is C23H26F6N6O2. The van der Waals surface area contributed by atoms with Crippen LogP contribution in [0.5, 0.6) is 6.01 Å². The Hall–Kier alpha value is -3.32. The lowest BCUT2D eigenvalue weighted by Gasteiger charge is -2.35. The summed E-state index contributed by atoms with van der Waals surface area (Å²) < 4.78 is 82.0. The zero-order valence-electron chi connectivity index (χ0n) is 19.8. The van der Waals surface area contributed by atoms with Gasteiger partial charge in [0.25, 0.3) is 0 Å². The molecule has 0 spiro atoms. The highest BCUT2D eigenvalue weighted by atomic mass is 19.4. The third-order valence-corrected chi connectivity index (χ3v) is 6.27. The Morgan fingerprint density at radius 2 is 1.70 bits per heavy atom. The number of hydrogen-bond acceptors (Lipinski definition) is 7. The number of halogens is 6. The van der Waals surface area contributed by atoms with E-state index in [1.54, 1.807) is 9.80 Å². The van der Waals surface area contributed by atoms with Crippen LogP contribution in [0, 0.1) is 5.92 Å². The second-order valence-corrected chi connectivity index (χ2v) is 9.07. The van der Waals surface area contributed by atoms with Crippen molar-refractivity contribution >= 4 is 23.5 Å². The summed E-state index contributed by atoms with van der Waals surface area (Å²) >= 11 is 0. The number of anilines is 3. The molecule has 0 unspecified atom stereocenters. The topological polar surface area (TPSA) is 83.5 Å². The molecule has 14 heteroatoms. The van der Waals surface area contributed by atoms with Gasteiger partial charge >= 0.3 is 18.4 Å². The number of carbonyl (C=O) groups is 1. The summed E-state index contributed by atoms with van der Waals surface area (Å²) in [5, 5.41) is 2.59. The molecule has 2 aliphatic rings.